The van der Waals surface area contributed by atoms with E-state index in [0.717, 1.165) is 16.9 Å². The summed E-state index contributed by atoms with van der Waals surface area (Å²) in [7, 11) is 1.62. The SMILES string of the molecule is COc1ccc(-c2ncc3c(SCC(=O)NCc4ccc(Cl)cc4)ncnc3n2)cc1. The van der Waals surface area contributed by atoms with Gasteiger partial charge in [-0.15, -0.1) is 0 Å². The van der Waals surface area contributed by atoms with E-state index >= 15 is 0 Å². The topological polar surface area (TPSA) is 89.9 Å². The van der Waals surface area contributed by atoms with Crippen LogP contribution in [0.2, 0.25) is 5.02 Å². The summed E-state index contributed by atoms with van der Waals surface area (Å²) in [6.45, 7) is 0.440. The number of halogens is 1. The van der Waals surface area contributed by atoms with Gasteiger partial charge in [-0.2, -0.15) is 0 Å². The molecule has 0 saturated heterocycles. The lowest BCUT2D eigenvalue weighted by molar-refractivity contribution is -0.118. The van der Waals surface area contributed by atoms with E-state index in [9.17, 15) is 4.79 Å². The fourth-order valence-corrected chi connectivity index (χ4v) is 3.73. The number of hydrogen-bond acceptors (Lipinski definition) is 7. The quantitative estimate of drug-likeness (QED) is 0.333. The molecule has 7 nitrogen and oxygen atoms in total. The van der Waals surface area contributed by atoms with Crippen LogP contribution in [0.25, 0.3) is 22.4 Å². The molecule has 1 amide bonds. The lowest BCUT2D eigenvalue weighted by Crippen LogP contribution is -2.24. The third-order valence-corrected chi connectivity index (χ3v) is 5.70. The second-order valence-electron chi connectivity index (χ2n) is 6.53. The molecule has 0 aliphatic carbocycles. The van der Waals surface area contributed by atoms with Crippen molar-refractivity contribution in [2.24, 2.45) is 0 Å². The first-order valence-corrected chi connectivity index (χ1v) is 10.7. The Morgan fingerprint density at radius 2 is 1.84 bits per heavy atom. The van der Waals surface area contributed by atoms with Crippen LogP contribution in [0.1, 0.15) is 5.56 Å². The van der Waals surface area contributed by atoms with Crippen LogP contribution >= 0.6 is 23.4 Å². The van der Waals surface area contributed by atoms with Crippen molar-refractivity contribution in [2.75, 3.05) is 12.9 Å². The molecule has 0 saturated carbocycles. The molecule has 0 fully saturated rings. The Balaban J connectivity index is 1.42. The predicted molar refractivity (Wildman–Crippen MR) is 121 cm³/mol. The summed E-state index contributed by atoms with van der Waals surface area (Å²) in [6, 6.07) is 14.8. The van der Waals surface area contributed by atoms with Crippen molar-refractivity contribution >= 4 is 40.3 Å². The largest absolute Gasteiger partial charge is 0.497 e. The molecule has 1 N–H and O–H groups in total. The van der Waals surface area contributed by atoms with Crippen LogP contribution in [0.5, 0.6) is 5.75 Å². The Kier molecular flexibility index (Phi) is 6.59. The standard InChI is InChI=1S/C22H18ClN5O2S/c1-30-17-8-4-15(5-9-17)20-25-11-18-21(28-20)26-13-27-22(18)31-12-19(29)24-10-14-2-6-16(23)7-3-14/h2-9,11,13H,10,12H2,1H3,(H,24,29). The molecule has 31 heavy (non-hydrogen) atoms. The van der Waals surface area contributed by atoms with Gasteiger partial charge in [0.25, 0.3) is 0 Å². The Hall–Kier alpha value is -3.23. The van der Waals surface area contributed by atoms with E-state index in [1.807, 2.05) is 36.4 Å². The Labute approximate surface area is 188 Å². The molecule has 4 rings (SSSR count). The molecule has 2 heterocycles. The molecule has 0 radical (unpaired) electrons. The average Bonchev–Trinajstić information content (AvgIpc) is 2.82. The van der Waals surface area contributed by atoms with Crippen LogP contribution in [-0.4, -0.2) is 38.7 Å². The molecule has 9 heteroatoms. The van der Waals surface area contributed by atoms with Crippen molar-refractivity contribution in [1.82, 2.24) is 25.3 Å². The molecular weight excluding hydrogens is 434 g/mol. The maximum atomic E-state index is 12.2. The van der Waals surface area contributed by atoms with E-state index in [1.54, 1.807) is 25.4 Å². The minimum Gasteiger partial charge on any atom is -0.497 e. The summed E-state index contributed by atoms with van der Waals surface area (Å²) in [5.41, 5.74) is 2.37. The molecule has 156 valence electrons. The molecule has 0 spiro atoms. The minimum atomic E-state index is -0.0949. The number of hydrogen-bond donors (Lipinski definition) is 1. The smallest absolute Gasteiger partial charge is 0.230 e. The summed E-state index contributed by atoms with van der Waals surface area (Å²) in [5, 5.41) is 4.92. The van der Waals surface area contributed by atoms with Gasteiger partial charge in [0.15, 0.2) is 11.5 Å². The van der Waals surface area contributed by atoms with Gasteiger partial charge in [0.2, 0.25) is 5.91 Å². The van der Waals surface area contributed by atoms with Gasteiger partial charge in [-0.1, -0.05) is 35.5 Å². The van der Waals surface area contributed by atoms with Crippen molar-refractivity contribution in [3.05, 3.63) is 71.6 Å². The monoisotopic (exact) mass is 451 g/mol. The third-order valence-electron chi connectivity index (χ3n) is 4.45. The van der Waals surface area contributed by atoms with Crippen LogP contribution in [0.4, 0.5) is 0 Å². The van der Waals surface area contributed by atoms with Gasteiger partial charge in [0.1, 0.15) is 17.1 Å². The van der Waals surface area contributed by atoms with Gasteiger partial charge < -0.3 is 10.1 Å². The van der Waals surface area contributed by atoms with Gasteiger partial charge in [0, 0.05) is 23.3 Å². The first-order valence-electron chi connectivity index (χ1n) is 9.38. The van der Waals surface area contributed by atoms with Gasteiger partial charge in [-0.05, 0) is 42.0 Å². The van der Waals surface area contributed by atoms with Crippen molar-refractivity contribution in [3.63, 3.8) is 0 Å². The summed E-state index contributed by atoms with van der Waals surface area (Å²) in [4.78, 5) is 29.8. The maximum absolute atomic E-state index is 12.2. The number of carbonyl (C=O) groups is 1. The van der Waals surface area contributed by atoms with E-state index in [1.165, 1.54) is 18.1 Å². The molecule has 4 aromatic rings. The number of aromatic nitrogens is 4. The van der Waals surface area contributed by atoms with E-state index in [0.29, 0.717) is 33.5 Å². The average molecular weight is 452 g/mol. The Bertz CT molecular complexity index is 1200. The molecule has 0 aliphatic heterocycles. The number of carbonyl (C=O) groups excluding carboxylic acids is 1. The van der Waals surface area contributed by atoms with Gasteiger partial charge >= 0.3 is 0 Å². The zero-order chi connectivity index (χ0) is 21.6. The second kappa shape index (κ2) is 9.72. The molecule has 0 aliphatic rings. The van der Waals surface area contributed by atoms with Crippen molar-refractivity contribution in [1.29, 1.82) is 0 Å². The lowest BCUT2D eigenvalue weighted by Gasteiger charge is -2.07. The fourth-order valence-electron chi connectivity index (χ4n) is 2.81. The number of amides is 1. The number of nitrogens with one attached hydrogen (secondary N) is 1. The Morgan fingerprint density at radius 1 is 1.06 bits per heavy atom. The molecule has 2 aromatic heterocycles. The van der Waals surface area contributed by atoms with E-state index < -0.39 is 0 Å². The third kappa shape index (κ3) is 5.28. The van der Waals surface area contributed by atoms with Crippen LogP contribution in [0.3, 0.4) is 0 Å². The highest BCUT2D eigenvalue weighted by molar-refractivity contribution is 8.00. The van der Waals surface area contributed by atoms with Crippen LogP contribution < -0.4 is 10.1 Å². The normalized spacial score (nSPS) is 10.8. The highest BCUT2D eigenvalue weighted by Gasteiger charge is 2.11. The summed E-state index contributed by atoms with van der Waals surface area (Å²) >= 11 is 7.20. The second-order valence-corrected chi connectivity index (χ2v) is 7.93. The summed E-state index contributed by atoms with van der Waals surface area (Å²) < 4.78 is 5.18. The van der Waals surface area contributed by atoms with Gasteiger partial charge in [0.05, 0.1) is 18.2 Å². The first kappa shape index (κ1) is 21.0. The summed E-state index contributed by atoms with van der Waals surface area (Å²) in [5.74, 6) is 1.45. The van der Waals surface area contributed by atoms with Gasteiger partial charge in [-0.3, -0.25) is 4.79 Å². The molecular formula is C22H18ClN5O2S. The van der Waals surface area contributed by atoms with Gasteiger partial charge in [-0.25, -0.2) is 19.9 Å². The van der Waals surface area contributed by atoms with E-state index in [4.69, 9.17) is 16.3 Å². The van der Waals surface area contributed by atoms with Crippen molar-refractivity contribution < 1.29 is 9.53 Å². The van der Waals surface area contributed by atoms with E-state index in [-0.39, 0.29) is 11.7 Å². The fraction of sp³-hybridized carbons (Fsp3) is 0.136. The zero-order valence-electron chi connectivity index (χ0n) is 16.6. The minimum absolute atomic E-state index is 0.0949. The summed E-state index contributed by atoms with van der Waals surface area (Å²) in [6.07, 6.45) is 3.14. The van der Waals surface area contributed by atoms with E-state index in [2.05, 4.69) is 25.3 Å². The number of thioether (sulfide) groups is 1. The van der Waals surface area contributed by atoms with Crippen LogP contribution in [0, 0.1) is 0 Å². The number of rotatable bonds is 7. The van der Waals surface area contributed by atoms with Crippen LogP contribution in [-0.2, 0) is 11.3 Å². The molecule has 0 bridgehead atoms. The Morgan fingerprint density at radius 3 is 2.58 bits per heavy atom. The highest BCUT2D eigenvalue weighted by atomic mass is 35.5. The number of methoxy groups -OCH3 is 1. The predicted octanol–water partition coefficient (Wildman–Crippen LogP) is 4.16. The van der Waals surface area contributed by atoms with Crippen molar-refractivity contribution in [3.8, 4) is 17.1 Å². The molecule has 2 aromatic carbocycles. The number of ether oxygens (including phenoxy) is 1. The lowest BCUT2D eigenvalue weighted by atomic mass is 10.2. The number of benzene rings is 2. The zero-order valence-corrected chi connectivity index (χ0v) is 18.2. The number of fused-ring (bicyclic) bond motifs is 1. The maximum Gasteiger partial charge on any atom is 0.230 e. The molecule has 0 atom stereocenters. The van der Waals surface area contributed by atoms with Crippen molar-refractivity contribution in [2.45, 2.75) is 11.6 Å². The van der Waals surface area contributed by atoms with Crippen LogP contribution in [0.15, 0.2) is 66.1 Å². The number of nitrogens with zero attached hydrogens (tertiary/aromatic N) is 4. The molecule has 0 unspecified atom stereocenters. The first-order chi connectivity index (χ1) is 15.1. The highest BCUT2D eigenvalue weighted by Crippen LogP contribution is 2.25.